The van der Waals surface area contributed by atoms with Crippen molar-refractivity contribution in [2.75, 3.05) is 11.4 Å². The first kappa shape index (κ1) is 28.8. The number of benzene rings is 3. The molecule has 0 radical (unpaired) electrons. The third-order valence-corrected chi connectivity index (χ3v) is 7.75. The van der Waals surface area contributed by atoms with E-state index in [0.717, 1.165) is 26.2 Å². The molecular formula is C30H27ClFN5O6. The van der Waals surface area contributed by atoms with Crippen molar-refractivity contribution in [3.05, 3.63) is 100.0 Å². The van der Waals surface area contributed by atoms with Gasteiger partial charge in [0.1, 0.15) is 29.8 Å². The lowest BCUT2D eigenvalue weighted by molar-refractivity contribution is -0.373. The monoisotopic (exact) mass is 607 g/mol. The quantitative estimate of drug-likeness (QED) is 0.223. The molecule has 2 aliphatic rings. The van der Waals surface area contributed by atoms with E-state index in [1.165, 1.54) is 12.3 Å². The van der Waals surface area contributed by atoms with Crippen LogP contribution >= 0.6 is 11.6 Å². The van der Waals surface area contributed by atoms with Crippen LogP contribution < -0.4 is 15.0 Å². The Labute approximate surface area is 250 Å². The summed E-state index contributed by atoms with van der Waals surface area (Å²) in [6.07, 6.45) is -2.11. The van der Waals surface area contributed by atoms with E-state index in [1.807, 2.05) is 36.4 Å². The molecule has 3 heterocycles. The number of ether oxygens (including phenoxy) is 1. The second-order valence-corrected chi connectivity index (χ2v) is 10.8. The van der Waals surface area contributed by atoms with E-state index in [4.69, 9.17) is 16.3 Å². The van der Waals surface area contributed by atoms with Gasteiger partial charge in [0.15, 0.2) is 0 Å². The Bertz CT molecular complexity index is 1680. The van der Waals surface area contributed by atoms with Crippen LogP contribution in [0.1, 0.15) is 28.7 Å². The third kappa shape index (κ3) is 5.96. The van der Waals surface area contributed by atoms with Crippen LogP contribution in [0.25, 0.3) is 11.4 Å². The highest BCUT2D eigenvalue weighted by atomic mass is 35.5. The highest BCUT2D eigenvalue weighted by Gasteiger charge is 2.35. The van der Waals surface area contributed by atoms with Gasteiger partial charge in [-0.05, 0) is 47.0 Å². The first-order valence-electron chi connectivity index (χ1n) is 13.4. The second-order valence-electron chi connectivity index (χ2n) is 10.4. The standard InChI is InChI=1S/C30H27ClFN5O6/c31-24-2-1-3-25(32)23(24)17-43-22-8-4-18(5-9-22)14-35-15-20-7-6-19(12-21(20)16-35)28-33-13-27(37(28)30(40,41)42)36-11-10-26(38)34-29(36)39/h1-9,12-13,40-42H,10-11,14-17H2,(H,34,38,39). The minimum absolute atomic E-state index is 0.00844. The number of hydrogen-bond donors (Lipinski definition) is 4. The van der Waals surface area contributed by atoms with Gasteiger partial charge in [-0.15, -0.1) is 0 Å². The van der Waals surface area contributed by atoms with Crippen molar-refractivity contribution < 1.29 is 34.0 Å². The number of aromatic nitrogens is 2. The number of carbonyl (C=O) groups excluding carboxylic acids is 2. The number of imidazole rings is 1. The summed E-state index contributed by atoms with van der Waals surface area (Å²) in [5, 5.41) is 33.0. The number of halogens is 2. The first-order valence-corrected chi connectivity index (χ1v) is 13.8. The molecular weight excluding hydrogens is 581 g/mol. The van der Waals surface area contributed by atoms with Gasteiger partial charge in [-0.3, -0.25) is 19.9 Å². The molecule has 4 N–H and O–H groups in total. The molecule has 11 nitrogen and oxygen atoms in total. The maximum absolute atomic E-state index is 14.0. The Morgan fingerprint density at radius 2 is 1.79 bits per heavy atom. The van der Waals surface area contributed by atoms with Gasteiger partial charge < -0.3 is 20.1 Å². The van der Waals surface area contributed by atoms with Crippen LogP contribution in [-0.4, -0.2) is 48.3 Å². The number of anilines is 1. The molecule has 3 aromatic carbocycles. The summed E-state index contributed by atoms with van der Waals surface area (Å²) in [5.41, 5.74) is 3.93. The number of nitrogens with one attached hydrogen (secondary N) is 1. The Morgan fingerprint density at radius 3 is 2.51 bits per heavy atom. The van der Waals surface area contributed by atoms with Crippen molar-refractivity contribution in [2.45, 2.75) is 38.8 Å². The molecule has 1 fully saturated rings. The summed E-state index contributed by atoms with van der Waals surface area (Å²) in [6, 6.07) is 16.8. The molecule has 0 atom stereocenters. The van der Waals surface area contributed by atoms with Crippen molar-refractivity contribution in [3.8, 4) is 17.1 Å². The number of fused-ring (bicyclic) bond motifs is 1. The molecule has 0 spiro atoms. The SMILES string of the molecule is O=C1CCN(c2cnc(-c3ccc4c(c3)CN(Cc3ccc(OCc5c(F)cccc5Cl)cc3)C4)n2C(O)(O)O)C(=O)N1. The summed E-state index contributed by atoms with van der Waals surface area (Å²) < 4.78 is 20.5. The summed E-state index contributed by atoms with van der Waals surface area (Å²) in [7, 11) is 0. The van der Waals surface area contributed by atoms with Gasteiger partial charge in [0.2, 0.25) is 5.91 Å². The number of amides is 3. The van der Waals surface area contributed by atoms with Gasteiger partial charge >= 0.3 is 12.1 Å². The Morgan fingerprint density at radius 1 is 1.02 bits per heavy atom. The van der Waals surface area contributed by atoms with Gasteiger partial charge in [0.05, 0.1) is 11.2 Å². The highest BCUT2D eigenvalue weighted by molar-refractivity contribution is 6.31. The molecule has 13 heteroatoms. The molecule has 0 saturated carbocycles. The number of aliphatic hydroxyl groups is 3. The van der Waals surface area contributed by atoms with E-state index in [1.54, 1.807) is 18.2 Å². The van der Waals surface area contributed by atoms with Crippen LogP contribution in [-0.2, 0) is 37.1 Å². The molecule has 6 rings (SSSR count). The molecule has 2 aliphatic heterocycles. The van der Waals surface area contributed by atoms with Gasteiger partial charge in [0, 0.05) is 43.7 Å². The van der Waals surface area contributed by atoms with E-state index in [2.05, 4.69) is 15.2 Å². The lowest BCUT2D eigenvalue weighted by atomic mass is 10.1. The zero-order valence-corrected chi connectivity index (χ0v) is 23.5. The number of hydrogen-bond acceptors (Lipinski definition) is 8. The fourth-order valence-electron chi connectivity index (χ4n) is 5.31. The average molecular weight is 608 g/mol. The number of imide groups is 1. The smallest absolute Gasteiger partial charge is 0.376 e. The van der Waals surface area contributed by atoms with Crippen LogP contribution in [0, 0.1) is 5.82 Å². The van der Waals surface area contributed by atoms with Crippen molar-refractivity contribution in [2.24, 2.45) is 0 Å². The molecule has 4 aromatic rings. The predicted molar refractivity (Wildman–Crippen MR) is 153 cm³/mol. The summed E-state index contributed by atoms with van der Waals surface area (Å²) in [5.74, 6) is -0.331. The molecule has 0 unspecified atom stereocenters. The highest BCUT2D eigenvalue weighted by Crippen LogP contribution is 2.33. The number of nitrogens with zero attached hydrogens (tertiary/aromatic N) is 4. The van der Waals surface area contributed by atoms with E-state index < -0.39 is 23.9 Å². The zero-order chi connectivity index (χ0) is 30.3. The minimum atomic E-state index is -3.36. The van der Waals surface area contributed by atoms with Crippen LogP contribution in [0.2, 0.25) is 5.02 Å². The van der Waals surface area contributed by atoms with Crippen LogP contribution in [0.15, 0.2) is 66.9 Å². The summed E-state index contributed by atoms with van der Waals surface area (Å²) in [4.78, 5) is 31.5. The molecule has 0 aliphatic carbocycles. The van der Waals surface area contributed by atoms with Gasteiger partial charge in [-0.1, -0.05) is 41.9 Å². The maximum Gasteiger partial charge on any atom is 0.376 e. The van der Waals surface area contributed by atoms with E-state index in [-0.39, 0.29) is 31.2 Å². The molecule has 0 bridgehead atoms. The molecule has 3 amide bonds. The van der Waals surface area contributed by atoms with Crippen LogP contribution in [0.5, 0.6) is 5.75 Å². The summed E-state index contributed by atoms with van der Waals surface area (Å²) in [6.45, 7) is 1.95. The van der Waals surface area contributed by atoms with Crippen molar-refractivity contribution >= 4 is 29.4 Å². The summed E-state index contributed by atoms with van der Waals surface area (Å²) >= 11 is 6.08. The lowest BCUT2D eigenvalue weighted by Gasteiger charge is -2.29. The normalized spacial score (nSPS) is 15.5. The molecule has 1 saturated heterocycles. The van der Waals surface area contributed by atoms with Gasteiger partial charge in [-0.2, -0.15) is 0 Å². The fourth-order valence-corrected chi connectivity index (χ4v) is 5.52. The zero-order valence-electron chi connectivity index (χ0n) is 22.7. The largest absolute Gasteiger partial charge is 0.489 e. The fraction of sp³-hybridized carbons (Fsp3) is 0.233. The number of carbonyl (C=O) groups is 2. The minimum Gasteiger partial charge on any atom is -0.489 e. The molecule has 43 heavy (non-hydrogen) atoms. The Balaban J connectivity index is 1.14. The molecule has 222 valence electrons. The van der Waals surface area contributed by atoms with Crippen LogP contribution in [0.4, 0.5) is 15.0 Å². The number of urea groups is 1. The topological polar surface area (TPSA) is 140 Å². The molecule has 1 aromatic heterocycles. The predicted octanol–water partition coefficient (Wildman–Crippen LogP) is 3.43. The second kappa shape index (κ2) is 11.4. The van der Waals surface area contributed by atoms with Crippen molar-refractivity contribution in [1.29, 1.82) is 0 Å². The number of rotatable bonds is 8. The van der Waals surface area contributed by atoms with Crippen molar-refractivity contribution in [3.63, 3.8) is 0 Å². The first-order chi connectivity index (χ1) is 20.6. The van der Waals surface area contributed by atoms with Crippen LogP contribution in [0.3, 0.4) is 0 Å². The van der Waals surface area contributed by atoms with Crippen molar-refractivity contribution in [1.82, 2.24) is 19.8 Å². The lowest BCUT2D eigenvalue weighted by Crippen LogP contribution is -2.51. The van der Waals surface area contributed by atoms with E-state index in [9.17, 15) is 29.3 Å². The Hall–Kier alpha value is -4.33. The third-order valence-electron chi connectivity index (χ3n) is 7.40. The van der Waals surface area contributed by atoms with E-state index in [0.29, 0.717) is 41.5 Å². The maximum atomic E-state index is 14.0. The van der Waals surface area contributed by atoms with Gasteiger partial charge in [-0.25, -0.2) is 18.7 Å². The van der Waals surface area contributed by atoms with Gasteiger partial charge in [0.25, 0.3) is 0 Å². The Kier molecular flexibility index (Phi) is 7.63. The van der Waals surface area contributed by atoms with E-state index >= 15 is 0 Å². The average Bonchev–Trinajstić information content (AvgIpc) is 3.57.